The number of anilines is 1. The molecule has 1 aromatic rings. The third kappa shape index (κ3) is 2.80. The maximum absolute atomic E-state index is 13.1. The minimum atomic E-state index is -4.42. The van der Waals surface area contributed by atoms with Gasteiger partial charge >= 0.3 is 6.18 Å². The maximum atomic E-state index is 13.1. The lowest BCUT2D eigenvalue weighted by atomic mass is 10.0. The van der Waals surface area contributed by atoms with E-state index < -0.39 is 11.7 Å². The van der Waals surface area contributed by atoms with E-state index in [0.29, 0.717) is 5.70 Å². The van der Waals surface area contributed by atoms with Gasteiger partial charge in [-0.3, -0.25) is 4.90 Å². The monoisotopic (exact) mass is 300 g/mol. The number of hydrogen-bond acceptors (Lipinski definition) is 1. The van der Waals surface area contributed by atoms with Crippen molar-refractivity contribution in [2.24, 2.45) is 0 Å². The number of nitrogens with one attached hydrogen (secondary N) is 1. The first kappa shape index (κ1) is 14.8. The summed E-state index contributed by atoms with van der Waals surface area (Å²) in [6.07, 6.45) is -2.56. The molecule has 0 fully saturated rings. The summed E-state index contributed by atoms with van der Waals surface area (Å²) in [6, 6.07) is 5.42. The quantitative estimate of drug-likeness (QED) is 0.787. The average molecular weight is 300 g/mol. The van der Waals surface area contributed by atoms with Gasteiger partial charge in [0.05, 0.1) is 16.8 Å². The number of alkyl halides is 3. The van der Waals surface area contributed by atoms with Gasteiger partial charge in [-0.1, -0.05) is 12.1 Å². The second kappa shape index (κ2) is 4.77. The zero-order valence-electron chi connectivity index (χ0n) is 11.4. The molecule has 2 rings (SSSR count). The molecule has 108 valence electrons. The van der Waals surface area contributed by atoms with E-state index in [4.69, 9.17) is 12.2 Å². The highest BCUT2D eigenvalue weighted by atomic mass is 32.1. The van der Waals surface area contributed by atoms with Crippen LogP contribution in [0.15, 0.2) is 36.0 Å². The van der Waals surface area contributed by atoms with Gasteiger partial charge in [0.15, 0.2) is 5.11 Å². The van der Waals surface area contributed by atoms with Crippen LogP contribution in [0.25, 0.3) is 0 Å². The second-order valence-corrected chi connectivity index (χ2v) is 5.67. The molecule has 0 amide bonds. The summed E-state index contributed by atoms with van der Waals surface area (Å²) in [5, 5.41) is 3.30. The van der Waals surface area contributed by atoms with Crippen molar-refractivity contribution in [1.82, 2.24) is 5.32 Å². The lowest BCUT2D eigenvalue weighted by Gasteiger charge is -2.39. The van der Waals surface area contributed by atoms with E-state index in [1.807, 2.05) is 19.9 Å². The Morgan fingerprint density at radius 2 is 1.80 bits per heavy atom. The van der Waals surface area contributed by atoms with Crippen molar-refractivity contribution in [2.75, 3.05) is 4.90 Å². The molecule has 0 bridgehead atoms. The predicted molar refractivity (Wildman–Crippen MR) is 77.5 cm³/mol. The van der Waals surface area contributed by atoms with E-state index in [1.165, 1.54) is 17.0 Å². The van der Waals surface area contributed by atoms with Gasteiger partial charge in [-0.25, -0.2) is 0 Å². The fourth-order valence-electron chi connectivity index (χ4n) is 2.32. The Labute approximate surface area is 121 Å². The van der Waals surface area contributed by atoms with Crippen LogP contribution < -0.4 is 10.2 Å². The van der Waals surface area contributed by atoms with Crippen LogP contribution >= 0.6 is 12.2 Å². The fourth-order valence-corrected chi connectivity index (χ4v) is 2.83. The third-order valence-corrected chi connectivity index (χ3v) is 3.29. The zero-order chi connectivity index (χ0) is 15.1. The Morgan fingerprint density at radius 1 is 1.20 bits per heavy atom. The Hall–Kier alpha value is -1.56. The number of hydrogen-bond donors (Lipinski definition) is 1. The van der Waals surface area contributed by atoms with E-state index in [0.717, 1.165) is 6.07 Å². The Balaban J connectivity index is 2.55. The number of thiocarbonyl (C=S) groups is 1. The van der Waals surface area contributed by atoms with Gasteiger partial charge in [0, 0.05) is 5.70 Å². The van der Waals surface area contributed by atoms with E-state index in [9.17, 15) is 13.2 Å². The molecular weight excluding hydrogens is 285 g/mol. The smallest absolute Gasteiger partial charge is 0.354 e. The van der Waals surface area contributed by atoms with Crippen molar-refractivity contribution < 1.29 is 13.2 Å². The molecule has 0 aliphatic carbocycles. The molecule has 0 saturated carbocycles. The predicted octanol–water partition coefficient (Wildman–Crippen LogP) is 4.08. The molecule has 0 saturated heterocycles. The minimum Gasteiger partial charge on any atom is -0.354 e. The summed E-state index contributed by atoms with van der Waals surface area (Å²) in [7, 11) is 0. The maximum Gasteiger partial charge on any atom is 0.418 e. The number of benzene rings is 1. The van der Waals surface area contributed by atoms with E-state index in [-0.39, 0.29) is 16.3 Å². The lowest BCUT2D eigenvalue weighted by Crippen LogP contribution is -2.53. The molecular formula is C14H15F3N2S. The molecule has 1 heterocycles. The summed E-state index contributed by atoms with van der Waals surface area (Å²) in [6.45, 7) is 5.58. The topological polar surface area (TPSA) is 15.3 Å². The molecule has 0 radical (unpaired) electrons. The lowest BCUT2D eigenvalue weighted by molar-refractivity contribution is -0.137. The number of allylic oxidation sites excluding steroid dienone is 1. The van der Waals surface area contributed by atoms with Crippen LogP contribution in [0.1, 0.15) is 26.3 Å². The van der Waals surface area contributed by atoms with Crippen molar-refractivity contribution in [2.45, 2.75) is 32.5 Å². The molecule has 6 heteroatoms. The van der Waals surface area contributed by atoms with Gasteiger partial charge in [-0.2, -0.15) is 13.2 Å². The molecule has 1 N–H and O–H groups in total. The van der Waals surface area contributed by atoms with E-state index in [2.05, 4.69) is 5.32 Å². The molecule has 20 heavy (non-hydrogen) atoms. The van der Waals surface area contributed by atoms with Crippen LogP contribution in [0.5, 0.6) is 0 Å². The normalized spacial score (nSPS) is 18.6. The van der Waals surface area contributed by atoms with Crippen molar-refractivity contribution in [3.8, 4) is 0 Å². The van der Waals surface area contributed by atoms with Crippen LogP contribution in [0.2, 0.25) is 0 Å². The van der Waals surface area contributed by atoms with E-state index in [1.54, 1.807) is 13.0 Å². The third-order valence-electron chi connectivity index (χ3n) is 3.00. The van der Waals surface area contributed by atoms with Crippen molar-refractivity contribution in [1.29, 1.82) is 0 Å². The summed E-state index contributed by atoms with van der Waals surface area (Å²) >= 11 is 5.22. The first-order valence-corrected chi connectivity index (χ1v) is 6.50. The largest absolute Gasteiger partial charge is 0.418 e. The van der Waals surface area contributed by atoms with Gasteiger partial charge in [0.2, 0.25) is 0 Å². The summed E-state index contributed by atoms with van der Waals surface area (Å²) in [5.41, 5.74) is -0.348. The van der Waals surface area contributed by atoms with Crippen LogP contribution in [-0.2, 0) is 6.18 Å². The summed E-state index contributed by atoms with van der Waals surface area (Å²) in [4.78, 5) is 1.42. The molecule has 0 spiro atoms. The molecule has 1 aromatic carbocycles. The molecule has 0 aromatic heterocycles. The molecule has 2 nitrogen and oxygen atoms in total. The average Bonchev–Trinajstić information content (AvgIpc) is 2.25. The molecule has 0 atom stereocenters. The van der Waals surface area contributed by atoms with Gasteiger partial charge in [-0.15, -0.1) is 0 Å². The Kier molecular flexibility index (Phi) is 3.54. The number of nitrogens with zero attached hydrogens (tertiary/aromatic N) is 1. The summed E-state index contributed by atoms with van der Waals surface area (Å²) < 4.78 is 39.3. The SMILES string of the molecule is CC1=CC(C)(C)NC(=S)N1c1ccccc1C(F)(F)F. The van der Waals surface area contributed by atoms with Crippen LogP contribution in [0.3, 0.4) is 0 Å². The molecule has 1 aliphatic heterocycles. The highest BCUT2D eigenvalue weighted by Gasteiger charge is 2.37. The van der Waals surface area contributed by atoms with Crippen molar-refractivity contribution >= 4 is 23.0 Å². The van der Waals surface area contributed by atoms with Gasteiger partial charge in [0.1, 0.15) is 0 Å². The van der Waals surface area contributed by atoms with Crippen molar-refractivity contribution in [3.63, 3.8) is 0 Å². The molecule has 1 aliphatic rings. The Bertz CT molecular complexity index is 576. The van der Waals surface area contributed by atoms with Crippen molar-refractivity contribution in [3.05, 3.63) is 41.6 Å². The summed E-state index contributed by atoms with van der Waals surface area (Å²) in [5.74, 6) is 0. The highest BCUT2D eigenvalue weighted by molar-refractivity contribution is 7.80. The fraction of sp³-hybridized carbons (Fsp3) is 0.357. The number of para-hydroxylation sites is 1. The number of rotatable bonds is 1. The Morgan fingerprint density at radius 3 is 2.35 bits per heavy atom. The van der Waals surface area contributed by atoms with E-state index >= 15 is 0 Å². The number of halogens is 3. The van der Waals surface area contributed by atoms with Crippen LogP contribution in [0, 0.1) is 0 Å². The second-order valence-electron chi connectivity index (χ2n) is 5.29. The zero-order valence-corrected chi connectivity index (χ0v) is 12.2. The standard InChI is InChI=1S/C14H15F3N2S/c1-9-8-13(2,3)18-12(20)19(9)11-7-5-4-6-10(11)14(15,16)17/h4-8H,1-3H3,(H,18,20). The highest BCUT2D eigenvalue weighted by Crippen LogP contribution is 2.38. The van der Waals surface area contributed by atoms with Gasteiger partial charge in [0.25, 0.3) is 0 Å². The first-order valence-electron chi connectivity index (χ1n) is 6.10. The molecule has 0 unspecified atom stereocenters. The van der Waals surface area contributed by atoms with Crippen LogP contribution in [-0.4, -0.2) is 10.7 Å². The minimum absolute atomic E-state index is 0.0433. The van der Waals surface area contributed by atoms with Crippen LogP contribution in [0.4, 0.5) is 18.9 Å². The van der Waals surface area contributed by atoms with Gasteiger partial charge < -0.3 is 5.32 Å². The van der Waals surface area contributed by atoms with Gasteiger partial charge in [-0.05, 0) is 51.2 Å². The first-order chi connectivity index (χ1) is 9.12.